The summed E-state index contributed by atoms with van der Waals surface area (Å²) in [6, 6.07) is 11.3. The number of aliphatic imine (C=N–C) groups is 1. The van der Waals surface area contributed by atoms with Crippen molar-refractivity contribution in [1.82, 2.24) is 0 Å². The van der Waals surface area contributed by atoms with Crippen molar-refractivity contribution in [2.24, 2.45) is 4.99 Å². The fourth-order valence-electron chi connectivity index (χ4n) is 2.25. The minimum absolute atomic E-state index is 0.204. The number of halogens is 2. The molecule has 21 heavy (non-hydrogen) atoms. The molecule has 1 atom stereocenters. The lowest BCUT2D eigenvalue weighted by Gasteiger charge is -2.11. The van der Waals surface area contributed by atoms with Crippen LogP contribution in [0.1, 0.15) is 18.1 Å². The number of carbonyl (C=O) groups is 1. The van der Waals surface area contributed by atoms with Gasteiger partial charge in [0.2, 0.25) is 5.91 Å². The number of nitrogens with one attached hydrogen (secondary N) is 1. The Bertz CT molecular complexity index is 758. The zero-order valence-electron chi connectivity index (χ0n) is 11.2. The summed E-state index contributed by atoms with van der Waals surface area (Å²) in [5, 5.41) is 2.82. The van der Waals surface area contributed by atoms with Crippen LogP contribution >= 0.6 is 15.9 Å². The summed E-state index contributed by atoms with van der Waals surface area (Å²) in [5.74, 6) is -0.561. The monoisotopic (exact) mass is 346 g/mol. The van der Waals surface area contributed by atoms with Crippen molar-refractivity contribution >= 4 is 33.2 Å². The van der Waals surface area contributed by atoms with Gasteiger partial charge in [0.05, 0.1) is 11.4 Å². The van der Waals surface area contributed by atoms with Gasteiger partial charge >= 0.3 is 0 Å². The molecule has 5 heteroatoms. The summed E-state index contributed by atoms with van der Waals surface area (Å²) >= 11 is 3.40. The minimum atomic E-state index is -0.578. The van der Waals surface area contributed by atoms with E-state index in [-0.39, 0.29) is 11.7 Å². The molecular weight excluding hydrogens is 335 g/mol. The van der Waals surface area contributed by atoms with Crippen LogP contribution in [0, 0.1) is 5.82 Å². The van der Waals surface area contributed by atoms with Crippen LogP contribution in [-0.2, 0) is 4.79 Å². The number of hydrogen-bond donors (Lipinski definition) is 1. The first-order valence-corrected chi connectivity index (χ1v) is 7.29. The van der Waals surface area contributed by atoms with E-state index in [2.05, 4.69) is 26.2 Å². The predicted octanol–water partition coefficient (Wildman–Crippen LogP) is 3.77. The molecule has 0 unspecified atom stereocenters. The first-order valence-electron chi connectivity index (χ1n) is 6.50. The van der Waals surface area contributed by atoms with E-state index in [0.717, 1.165) is 4.47 Å². The lowest BCUT2D eigenvalue weighted by atomic mass is 10.00. The number of benzene rings is 2. The van der Waals surface area contributed by atoms with Crippen LogP contribution in [0.2, 0.25) is 0 Å². The van der Waals surface area contributed by atoms with Crippen LogP contribution in [0.4, 0.5) is 10.1 Å². The van der Waals surface area contributed by atoms with E-state index in [9.17, 15) is 9.18 Å². The van der Waals surface area contributed by atoms with Crippen LogP contribution in [0.25, 0.3) is 0 Å². The molecule has 2 aromatic carbocycles. The van der Waals surface area contributed by atoms with E-state index in [1.807, 2.05) is 12.1 Å². The number of amides is 1. The van der Waals surface area contributed by atoms with Gasteiger partial charge in [-0.1, -0.05) is 28.1 Å². The summed E-state index contributed by atoms with van der Waals surface area (Å²) < 4.78 is 15.0. The van der Waals surface area contributed by atoms with Crippen molar-refractivity contribution < 1.29 is 9.18 Å². The van der Waals surface area contributed by atoms with Crippen LogP contribution < -0.4 is 5.32 Å². The number of anilines is 1. The first-order chi connectivity index (χ1) is 10.1. The highest BCUT2D eigenvalue weighted by molar-refractivity contribution is 9.10. The molecule has 0 saturated carbocycles. The van der Waals surface area contributed by atoms with Crippen LogP contribution in [0.5, 0.6) is 0 Å². The Labute approximate surface area is 130 Å². The average molecular weight is 347 g/mol. The Kier molecular flexibility index (Phi) is 3.59. The lowest BCUT2D eigenvalue weighted by Crippen LogP contribution is -2.22. The smallest absolute Gasteiger partial charge is 0.248 e. The molecule has 0 bridgehead atoms. The summed E-state index contributed by atoms with van der Waals surface area (Å²) in [6.07, 6.45) is 0. The van der Waals surface area contributed by atoms with Crippen molar-refractivity contribution in [2.45, 2.75) is 13.0 Å². The molecule has 0 spiro atoms. The SMILES string of the molecule is C[C@@H]1N=C(c2ccccc2F)c2cc(Br)ccc2NC1=O. The zero-order chi connectivity index (χ0) is 15.0. The number of hydrogen-bond acceptors (Lipinski definition) is 2. The first kappa shape index (κ1) is 13.9. The summed E-state index contributed by atoms with van der Waals surface area (Å²) in [5.41, 5.74) is 2.21. The second kappa shape index (κ2) is 5.41. The molecule has 1 heterocycles. The van der Waals surface area contributed by atoms with Gasteiger partial charge < -0.3 is 5.32 Å². The fraction of sp³-hybridized carbons (Fsp3) is 0.125. The van der Waals surface area contributed by atoms with Gasteiger partial charge in [0.15, 0.2) is 0 Å². The maximum absolute atomic E-state index is 14.1. The van der Waals surface area contributed by atoms with Gasteiger partial charge in [-0.15, -0.1) is 0 Å². The third kappa shape index (κ3) is 2.61. The van der Waals surface area contributed by atoms with Crippen molar-refractivity contribution in [3.63, 3.8) is 0 Å². The van der Waals surface area contributed by atoms with Gasteiger partial charge in [0.25, 0.3) is 0 Å². The third-order valence-corrected chi connectivity index (χ3v) is 3.82. The molecule has 0 radical (unpaired) electrons. The van der Waals surface area contributed by atoms with E-state index in [0.29, 0.717) is 22.5 Å². The molecule has 0 fully saturated rings. The van der Waals surface area contributed by atoms with Gasteiger partial charge in [-0.05, 0) is 37.3 Å². The number of fused-ring (bicyclic) bond motifs is 1. The largest absolute Gasteiger partial charge is 0.324 e. The molecule has 1 aliphatic rings. The number of carbonyl (C=O) groups excluding carboxylic acids is 1. The van der Waals surface area contributed by atoms with Gasteiger partial charge in [0, 0.05) is 15.6 Å². The molecule has 106 valence electrons. The van der Waals surface area contributed by atoms with Crippen molar-refractivity contribution in [2.75, 3.05) is 5.32 Å². The maximum Gasteiger partial charge on any atom is 0.248 e. The highest BCUT2D eigenvalue weighted by Gasteiger charge is 2.24. The Morgan fingerprint density at radius 1 is 1.19 bits per heavy atom. The zero-order valence-corrected chi connectivity index (χ0v) is 12.8. The standard InChI is InChI=1S/C16H12BrFN2O/c1-9-16(21)20-14-7-6-10(17)8-12(14)15(19-9)11-4-2-3-5-13(11)18/h2-9H,1H3,(H,20,21)/t9-/m0/s1. The van der Waals surface area contributed by atoms with Crippen molar-refractivity contribution in [3.05, 3.63) is 63.9 Å². The minimum Gasteiger partial charge on any atom is -0.324 e. The second-order valence-corrected chi connectivity index (χ2v) is 5.73. The summed E-state index contributed by atoms with van der Waals surface area (Å²) in [4.78, 5) is 16.4. The van der Waals surface area contributed by atoms with E-state index < -0.39 is 6.04 Å². The molecule has 2 aromatic rings. The number of nitrogens with zero attached hydrogens (tertiary/aromatic N) is 1. The molecule has 0 saturated heterocycles. The van der Waals surface area contributed by atoms with Gasteiger partial charge in [0.1, 0.15) is 11.9 Å². The molecular formula is C16H12BrFN2O. The molecule has 3 nitrogen and oxygen atoms in total. The van der Waals surface area contributed by atoms with Gasteiger partial charge in [-0.2, -0.15) is 0 Å². The van der Waals surface area contributed by atoms with E-state index in [1.165, 1.54) is 6.07 Å². The number of benzodiazepines with no additional fused rings is 1. The Balaban J connectivity index is 2.27. The van der Waals surface area contributed by atoms with Crippen molar-refractivity contribution in [3.8, 4) is 0 Å². The molecule has 3 rings (SSSR count). The highest BCUT2D eigenvalue weighted by Crippen LogP contribution is 2.28. The Morgan fingerprint density at radius 3 is 2.71 bits per heavy atom. The average Bonchev–Trinajstić information content (AvgIpc) is 2.58. The molecule has 1 amide bonds. The quantitative estimate of drug-likeness (QED) is 0.838. The highest BCUT2D eigenvalue weighted by atomic mass is 79.9. The van der Waals surface area contributed by atoms with Crippen LogP contribution in [0.15, 0.2) is 51.9 Å². The predicted molar refractivity (Wildman–Crippen MR) is 84.3 cm³/mol. The van der Waals surface area contributed by atoms with Crippen LogP contribution in [0.3, 0.4) is 0 Å². The summed E-state index contributed by atoms with van der Waals surface area (Å²) in [6.45, 7) is 1.69. The Hall–Kier alpha value is -2.01. The van der Waals surface area contributed by atoms with E-state index in [1.54, 1.807) is 31.2 Å². The van der Waals surface area contributed by atoms with E-state index in [4.69, 9.17) is 0 Å². The molecule has 1 N–H and O–H groups in total. The van der Waals surface area contributed by atoms with Crippen molar-refractivity contribution in [1.29, 1.82) is 0 Å². The second-order valence-electron chi connectivity index (χ2n) is 4.81. The topological polar surface area (TPSA) is 41.5 Å². The van der Waals surface area contributed by atoms with Gasteiger partial charge in [-0.3, -0.25) is 9.79 Å². The normalized spacial score (nSPS) is 17.6. The summed E-state index contributed by atoms with van der Waals surface area (Å²) in [7, 11) is 0. The third-order valence-electron chi connectivity index (χ3n) is 3.33. The van der Waals surface area contributed by atoms with E-state index >= 15 is 0 Å². The maximum atomic E-state index is 14.1. The van der Waals surface area contributed by atoms with Crippen LogP contribution in [-0.4, -0.2) is 17.7 Å². The fourth-order valence-corrected chi connectivity index (χ4v) is 2.61. The molecule has 0 aromatic heterocycles. The Morgan fingerprint density at radius 2 is 1.95 bits per heavy atom. The lowest BCUT2D eigenvalue weighted by molar-refractivity contribution is -0.116. The molecule has 1 aliphatic heterocycles. The molecule has 0 aliphatic carbocycles. The number of rotatable bonds is 1. The van der Waals surface area contributed by atoms with Gasteiger partial charge in [-0.25, -0.2) is 4.39 Å².